The monoisotopic (exact) mass is 534 g/mol. The Hall–Kier alpha value is -0.930. The van der Waals surface area contributed by atoms with Crippen molar-refractivity contribution in [2.24, 2.45) is 56.2 Å². The van der Waals surface area contributed by atoms with Crippen LogP contribution in [0.25, 0.3) is 6.08 Å². The largest absolute Gasteiger partial charge is 0.377 e. The smallest absolute Gasteiger partial charge is 0.164 e. The molecular formula is C35H50O2S. The molecule has 2 nitrogen and oxygen atoms in total. The Kier molecular flexibility index (Phi) is 5.39. The molecule has 0 aromatic carbocycles. The molecule has 9 atom stereocenters. The molecule has 5 aliphatic carbocycles. The number of thiophene rings is 1. The Bertz CT molecular complexity index is 1180. The first kappa shape index (κ1) is 26.0. The zero-order valence-electron chi connectivity index (χ0n) is 25.0. The Labute approximate surface area is 235 Å². The summed E-state index contributed by atoms with van der Waals surface area (Å²) in [5.41, 5.74) is 2.43. The molecule has 1 saturated heterocycles. The summed E-state index contributed by atoms with van der Waals surface area (Å²) >= 11 is 1.76. The lowest BCUT2D eigenvalue weighted by atomic mass is 9.31. The quantitative estimate of drug-likeness (QED) is 0.336. The normalized spacial score (nSPS) is 51.6. The third-order valence-corrected chi connectivity index (χ3v) is 15.4. The van der Waals surface area contributed by atoms with E-state index in [0.717, 1.165) is 30.4 Å². The summed E-state index contributed by atoms with van der Waals surface area (Å²) in [5.74, 6) is 3.09. The Morgan fingerprint density at radius 2 is 1.66 bits per heavy atom. The zero-order chi connectivity index (χ0) is 26.9. The molecule has 1 aromatic rings. The van der Waals surface area contributed by atoms with Crippen molar-refractivity contribution in [2.45, 2.75) is 112 Å². The van der Waals surface area contributed by atoms with E-state index in [2.05, 4.69) is 72.1 Å². The number of hydrogen-bond acceptors (Lipinski definition) is 3. The molecule has 0 radical (unpaired) electrons. The number of ketones is 1. The van der Waals surface area contributed by atoms with Crippen LogP contribution in [0.3, 0.4) is 0 Å². The minimum Gasteiger partial charge on any atom is -0.377 e. The van der Waals surface area contributed by atoms with Crippen LogP contribution in [-0.2, 0) is 9.53 Å². The van der Waals surface area contributed by atoms with Crippen LogP contribution in [0.15, 0.2) is 23.1 Å². The molecule has 1 aromatic heterocycles. The summed E-state index contributed by atoms with van der Waals surface area (Å²) in [6, 6.07) is 4.28. The van der Waals surface area contributed by atoms with Gasteiger partial charge in [0.05, 0.1) is 12.7 Å². The maximum absolute atomic E-state index is 13.9. The van der Waals surface area contributed by atoms with Crippen LogP contribution in [0.4, 0.5) is 0 Å². The van der Waals surface area contributed by atoms with E-state index >= 15 is 0 Å². The maximum Gasteiger partial charge on any atom is 0.164 e. The lowest BCUT2D eigenvalue weighted by molar-refractivity contribution is -0.236. The molecule has 0 unspecified atom stereocenters. The zero-order valence-corrected chi connectivity index (χ0v) is 25.8. The highest BCUT2D eigenvalue weighted by molar-refractivity contribution is 7.10. The van der Waals surface area contributed by atoms with Crippen molar-refractivity contribution < 1.29 is 9.53 Å². The van der Waals surface area contributed by atoms with E-state index in [1.165, 1.54) is 56.2 Å². The summed E-state index contributed by atoms with van der Waals surface area (Å²) in [6.07, 6.45) is 14.3. The van der Waals surface area contributed by atoms with Gasteiger partial charge in [0.1, 0.15) is 0 Å². The molecule has 38 heavy (non-hydrogen) atoms. The lowest BCUT2D eigenvalue weighted by Gasteiger charge is -2.73. The van der Waals surface area contributed by atoms with Gasteiger partial charge in [0.2, 0.25) is 0 Å². The van der Waals surface area contributed by atoms with Gasteiger partial charge in [-0.05, 0) is 132 Å². The van der Waals surface area contributed by atoms with Gasteiger partial charge in [0.15, 0.2) is 5.78 Å². The van der Waals surface area contributed by atoms with E-state index < -0.39 is 0 Å². The highest BCUT2D eigenvalue weighted by Gasteiger charge is 2.73. The van der Waals surface area contributed by atoms with Gasteiger partial charge in [-0.25, -0.2) is 0 Å². The fourth-order valence-corrected chi connectivity index (χ4v) is 13.2. The number of fused-ring (bicyclic) bond motifs is 5. The highest BCUT2D eigenvalue weighted by atomic mass is 32.1. The molecule has 5 saturated carbocycles. The van der Waals surface area contributed by atoms with Crippen molar-refractivity contribution >= 4 is 23.2 Å². The molecule has 2 heterocycles. The van der Waals surface area contributed by atoms with Gasteiger partial charge in [0.25, 0.3) is 0 Å². The number of rotatable bonds is 1. The van der Waals surface area contributed by atoms with Gasteiger partial charge < -0.3 is 4.74 Å². The Balaban J connectivity index is 1.29. The van der Waals surface area contributed by atoms with E-state index in [0.29, 0.717) is 45.4 Å². The first-order chi connectivity index (χ1) is 17.8. The number of allylic oxidation sites excluding steroid dienone is 1. The lowest BCUT2D eigenvalue weighted by Crippen LogP contribution is -2.67. The fourth-order valence-electron chi connectivity index (χ4n) is 12.5. The predicted molar refractivity (Wildman–Crippen MR) is 157 cm³/mol. The van der Waals surface area contributed by atoms with Gasteiger partial charge in [-0.2, -0.15) is 0 Å². The minimum atomic E-state index is -0.286. The molecule has 6 aliphatic rings. The van der Waals surface area contributed by atoms with Crippen LogP contribution in [0, 0.1) is 56.2 Å². The second-order valence-electron chi connectivity index (χ2n) is 16.7. The number of carbonyl (C=O) groups is 1. The molecule has 0 N–H and O–H groups in total. The SMILES string of the molecule is CC1(C)CC[C@]23CC[C@]4(C)[C@@H](CC[C@@H]5[C@@]6(C)C/C(=C\c7cccs7)C(=O)C(C)(C)[C@H]6CC[C@]54C)[C@H]2[C@H]1OC3. The molecule has 0 spiro atoms. The molecule has 0 amide bonds. The summed E-state index contributed by atoms with van der Waals surface area (Å²) in [5, 5.41) is 2.13. The van der Waals surface area contributed by atoms with Gasteiger partial charge >= 0.3 is 0 Å². The summed E-state index contributed by atoms with van der Waals surface area (Å²) in [4.78, 5) is 15.2. The first-order valence-electron chi connectivity index (χ1n) is 15.7. The number of carbonyl (C=O) groups excluding carboxylic acids is 1. The summed E-state index contributed by atoms with van der Waals surface area (Å²) in [6.45, 7) is 18.6. The van der Waals surface area contributed by atoms with Crippen LogP contribution in [-0.4, -0.2) is 18.5 Å². The number of hydrogen-bond donors (Lipinski definition) is 0. The third-order valence-electron chi connectivity index (χ3n) is 14.6. The average Bonchev–Trinajstić information content (AvgIpc) is 3.47. The maximum atomic E-state index is 13.9. The van der Waals surface area contributed by atoms with E-state index in [1.54, 1.807) is 11.3 Å². The van der Waals surface area contributed by atoms with Gasteiger partial charge in [-0.1, -0.05) is 54.5 Å². The van der Waals surface area contributed by atoms with Crippen LogP contribution in [0.5, 0.6) is 0 Å². The van der Waals surface area contributed by atoms with Crippen LogP contribution in [0.2, 0.25) is 0 Å². The third kappa shape index (κ3) is 3.07. The van der Waals surface area contributed by atoms with Crippen LogP contribution < -0.4 is 0 Å². The van der Waals surface area contributed by atoms with Gasteiger partial charge in [-0.3, -0.25) is 4.79 Å². The molecule has 3 heteroatoms. The summed E-state index contributed by atoms with van der Waals surface area (Å²) in [7, 11) is 0. The topological polar surface area (TPSA) is 26.3 Å². The molecule has 1 aliphatic heterocycles. The second-order valence-corrected chi connectivity index (χ2v) is 17.7. The average molecular weight is 535 g/mol. The van der Waals surface area contributed by atoms with E-state index in [9.17, 15) is 4.79 Å². The Morgan fingerprint density at radius 1 is 0.895 bits per heavy atom. The van der Waals surface area contributed by atoms with Crippen molar-refractivity contribution in [1.29, 1.82) is 0 Å². The van der Waals surface area contributed by atoms with Crippen LogP contribution in [0.1, 0.15) is 111 Å². The van der Waals surface area contributed by atoms with E-state index in [-0.39, 0.29) is 10.8 Å². The van der Waals surface area contributed by atoms with Gasteiger partial charge in [-0.15, -0.1) is 11.3 Å². The first-order valence-corrected chi connectivity index (χ1v) is 16.6. The van der Waals surface area contributed by atoms with E-state index in [1.807, 2.05) is 0 Å². The molecule has 7 rings (SSSR count). The van der Waals surface area contributed by atoms with Crippen molar-refractivity contribution in [2.75, 3.05) is 6.61 Å². The highest BCUT2D eigenvalue weighted by Crippen LogP contribution is 2.78. The fraction of sp³-hybridized carbons (Fsp3) is 0.800. The van der Waals surface area contributed by atoms with Crippen molar-refractivity contribution in [3.05, 3.63) is 28.0 Å². The Morgan fingerprint density at radius 3 is 2.39 bits per heavy atom. The van der Waals surface area contributed by atoms with Crippen molar-refractivity contribution in [1.82, 2.24) is 0 Å². The molecule has 6 fully saturated rings. The number of ether oxygens (including phenoxy) is 1. The minimum absolute atomic E-state index is 0.179. The second kappa shape index (κ2) is 7.87. The van der Waals surface area contributed by atoms with E-state index in [4.69, 9.17) is 4.74 Å². The molecule has 208 valence electrons. The number of Topliss-reactive ketones (excluding diaryl/α,β-unsaturated/α-hetero) is 1. The molecular weight excluding hydrogens is 484 g/mol. The molecule has 2 bridgehead atoms. The van der Waals surface area contributed by atoms with Gasteiger partial charge in [0, 0.05) is 10.3 Å². The van der Waals surface area contributed by atoms with Crippen molar-refractivity contribution in [3.8, 4) is 0 Å². The standard InChI is InChI=1S/C35H50O2S/c1-30(2)14-16-35-17-15-33(6)24(27(35)29(30)37-21-35)10-11-26-32(5)20-22(19-23-9-8-18-38-23)28(36)31(3,4)25(32)12-13-34(26,33)7/h8-9,18-19,24-27,29H,10-17,20-21H2,1-7H3/b22-19+/t24-,25+,26+,27-,29+,32-,33+,34+,35+/m0/s1. The predicted octanol–water partition coefficient (Wildman–Crippen LogP) is 9.20. The van der Waals surface area contributed by atoms with Crippen LogP contribution >= 0.6 is 11.3 Å². The summed E-state index contributed by atoms with van der Waals surface area (Å²) < 4.78 is 6.76. The van der Waals surface area contributed by atoms with Crippen molar-refractivity contribution in [3.63, 3.8) is 0 Å².